The first-order valence-corrected chi connectivity index (χ1v) is 10.8. The number of ether oxygens (including phenoxy) is 2. The summed E-state index contributed by atoms with van der Waals surface area (Å²) in [6, 6.07) is 11.3. The fraction of sp³-hybridized carbons (Fsp3) is 0.261. The summed E-state index contributed by atoms with van der Waals surface area (Å²) >= 11 is 2.08. The fourth-order valence-corrected chi connectivity index (χ4v) is 3.50. The van der Waals surface area contributed by atoms with Crippen molar-refractivity contribution < 1.29 is 34.1 Å². The average molecular weight is 553 g/mol. The number of nitrogens with one attached hydrogen (secondary N) is 1. The van der Waals surface area contributed by atoms with Gasteiger partial charge in [0.25, 0.3) is 0 Å². The summed E-state index contributed by atoms with van der Waals surface area (Å²) in [5.74, 6) is -1.21. The fourth-order valence-electron chi connectivity index (χ4n) is 2.98. The van der Waals surface area contributed by atoms with E-state index in [0.29, 0.717) is 29.7 Å². The van der Waals surface area contributed by atoms with Crippen LogP contribution >= 0.6 is 22.6 Å². The molecule has 2 aromatic carbocycles. The van der Waals surface area contributed by atoms with Gasteiger partial charge in [-0.2, -0.15) is 0 Å². The molecule has 32 heavy (non-hydrogen) atoms. The number of carbonyl (C=O) groups excluding carboxylic acids is 2. The highest BCUT2D eigenvalue weighted by molar-refractivity contribution is 14.1. The molecule has 0 spiro atoms. The van der Waals surface area contributed by atoms with Crippen molar-refractivity contribution >= 4 is 46.1 Å². The highest BCUT2D eigenvalue weighted by Crippen LogP contribution is 2.34. The zero-order valence-electron chi connectivity index (χ0n) is 17.6. The van der Waals surface area contributed by atoms with Gasteiger partial charge in [0.15, 0.2) is 11.9 Å². The third-order valence-electron chi connectivity index (χ3n) is 4.59. The summed E-state index contributed by atoms with van der Waals surface area (Å²) in [6.45, 7) is 1.45. The van der Waals surface area contributed by atoms with Gasteiger partial charge in [-0.25, -0.2) is 9.59 Å². The summed E-state index contributed by atoms with van der Waals surface area (Å²) in [4.78, 5) is 34.7. The molecule has 0 aromatic heterocycles. The van der Waals surface area contributed by atoms with Gasteiger partial charge in [0.1, 0.15) is 5.75 Å². The zero-order chi connectivity index (χ0) is 23.7. The van der Waals surface area contributed by atoms with Crippen LogP contribution in [-0.2, 0) is 14.3 Å². The molecule has 3 N–H and O–H groups in total. The van der Waals surface area contributed by atoms with Crippen molar-refractivity contribution in [3.05, 3.63) is 69.3 Å². The van der Waals surface area contributed by atoms with E-state index in [2.05, 4.69) is 27.9 Å². The molecule has 0 bridgehead atoms. The number of aromatic hydroxyl groups is 1. The van der Waals surface area contributed by atoms with Gasteiger partial charge in [0.2, 0.25) is 0 Å². The Morgan fingerprint density at radius 3 is 2.44 bits per heavy atom. The van der Waals surface area contributed by atoms with Crippen LogP contribution < -0.4 is 5.32 Å². The molecule has 0 aliphatic heterocycles. The highest BCUT2D eigenvalue weighted by Gasteiger charge is 2.29. The number of benzene rings is 2. The lowest BCUT2D eigenvalue weighted by atomic mass is 9.99. The minimum Gasteiger partial charge on any atom is -0.508 e. The second kappa shape index (κ2) is 12.2. The largest absolute Gasteiger partial charge is 0.508 e. The number of rotatable bonds is 10. The minimum atomic E-state index is -1.06. The zero-order valence-corrected chi connectivity index (χ0v) is 19.7. The number of phenols is 1. The molecule has 0 fully saturated rings. The first kappa shape index (κ1) is 25.3. The Bertz CT molecular complexity index is 988. The second-order valence-corrected chi connectivity index (χ2v) is 8.13. The molecule has 8 nitrogen and oxygen atoms in total. The molecule has 2 rings (SSSR count). The lowest BCUT2D eigenvalue weighted by Crippen LogP contribution is -2.28. The van der Waals surface area contributed by atoms with Gasteiger partial charge in [-0.1, -0.05) is 6.08 Å². The van der Waals surface area contributed by atoms with Gasteiger partial charge in [-0.15, -0.1) is 0 Å². The van der Waals surface area contributed by atoms with Crippen LogP contribution in [0.15, 0.2) is 54.6 Å². The van der Waals surface area contributed by atoms with Crippen LogP contribution in [-0.4, -0.2) is 41.3 Å². The maximum absolute atomic E-state index is 12.6. The van der Waals surface area contributed by atoms with Crippen molar-refractivity contribution in [2.45, 2.75) is 32.0 Å². The molecule has 2 aromatic rings. The van der Waals surface area contributed by atoms with Crippen LogP contribution in [0.2, 0.25) is 0 Å². The predicted molar refractivity (Wildman–Crippen MR) is 127 cm³/mol. The molecule has 0 aliphatic rings. The maximum Gasteiger partial charge on any atom is 0.412 e. The van der Waals surface area contributed by atoms with Crippen LogP contribution in [0.3, 0.4) is 0 Å². The molecule has 0 aliphatic carbocycles. The minimum absolute atomic E-state index is 0.0582. The Hall–Kier alpha value is -2.92. The lowest BCUT2D eigenvalue weighted by Gasteiger charge is -2.27. The Labute approximate surface area is 199 Å². The first-order chi connectivity index (χ1) is 15.2. The van der Waals surface area contributed by atoms with Gasteiger partial charge in [-0.3, -0.25) is 10.1 Å². The number of amides is 1. The number of carboxylic acids is 1. The number of allylic oxidation sites excluding steroid dienone is 1. The quantitative estimate of drug-likeness (QED) is 0.217. The molecule has 2 atom stereocenters. The third kappa shape index (κ3) is 7.65. The Morgan fingerprint density at radius 1 is 1.16 bits per heavy atom. The SMILES string of the molecule is CO[C@H](CC/C=C/C(=O)O)[C@H](OC(=O)Nc1ccc(C(C)=O)cc1)c1cc(I)ccc1O. The van der Waals surface area contributed by atoms with Crippen molar-refractivity contribution in [2.24, 2.45) is 0 Å². The normalized spacial score (nSPS) is 12.8. The van der Waals surface area contributed by atoms with E-state index in [1.807, 2.05) is 0 Å². The molecule has 9 heteroatoms. The number of methoxy groups -OCH3 is 1. The highest BCUT2D eigenvalue weighted by atomic mass is 127. The molecule has 0 radical (unpaired) electrons. The van der Waals surface area contributed by atoms with Crippen molar-refractivity contribution in [1.29, 1.82) is 0 Å². The standard InChI is InChI=1S/C23H24INO7/c1-14(26)15-7-10-17(11-8-15)25-23(30)32-22(18-13-16(24)9-12-19(18)27)20(31-2)5-3-4-6-21(28)29/h4,6-13,20,22,27H,3,5H2,1-2H3,(H,25,30)(H,28,29)/b6-4+/t20-,22-/m1/s1. The lowest BCUT2D eigenvalue weighted by molar-refractivity contribution is -0.131. The number of aliphatic carboxylic acids is 1. The molecular weight excluding hydrogens is 529 g/mol. The topological polar surface area (TPSA) is 122 Å². The number of hydrogen-bond acceptors (Lipinski definition) is 6. The summed E-state index contributed by atoms with van der Waals surface area (Å²) in [5.41, 5.74) is 1.32. The van der Waals surface area contributed by atoms with Crippen LogP contribution in [0, 0.1) is 3.57 Å². The van der Waals surface area contributed by atoms with Gasteiger partial charge in [0.05, 0.1) is 6.10 Å². The maximum atomic E-state index is 12.6. The van der Waals surface area contributed by atoms with Crippen molar-refractivity contribution in [3.63, 3.8) is 0 Å². The van der Waals surface area contributed by atoms with E-state index in [-0.39, 0.29) is 11.5 Å². The monoisotopic (exact) mass is 553 g/mol. The number of phenolic OH excluding ortho intramolecular Hbond substituents is 1. The molecule has 0 saturated heterocycles. The van der Waals surface area contributed by atoms with E-state index in [1.54, 1.807) is 36.4 Å². The van der Waals surface area contributed by atoms with E-state index < -0.39 is 24.3 Å². The Balaban J connectivity index is 2.22. The van der Waals surface area contributed by atoms with E-state index >= 15 is 0 Å². The van der Waals surface area contributed by atoms with E-state index in [1.165, 1.54) is 26.2 Å². The average Bonchev–Trinajstić information content (AvgIpc) is 2.74. The molecule has 0 saturated carbocycles. The Morgan fingerprint density at radius 2 is 1.84 bits per heavy atom. The number of Topliss-reactive ketones (excluding diaryl/α,β-unsaturated/α-hetero) is 1. The summed E-state index contributed by atoms with van der Waals surface area (Å²) in [7, 11) is 1.45. The van der Waals surface area contributed by atoms with Crippen LogP contribution in [0.25, 0.3) is 0 Å². The van der Waals surface area contributed by atoms with Crippen molar-refractivity contribution in [3.8, 4) is 5.75 Å². The predicted octanol–water partition coefficient (Wildman–Crippen LogP) is 4.93. The van der Waals surface area contributed by atoms with Crippen LogP contribution in [0.4, 0.5) is 10.5 Å². The van der Waals surface area contributed by atoms with Crippen LogP contribution in [0.1, 0.15) is 41.8 Å². The van der Waals surface area contributed by atoms with Crippen LogP contribution in [0.5, 0.6) is 5.75 Å². The van der Waals surface area contributed by atoms with Gasteiger partial charge < -0.3 is 19.7 Å². The summed E-state index contributed by atoms with van der Waals surface area (Å²) < 4.78 is 12.0. The molecular formula is C23H24INO7. The molecule has 0 unspecified atom stereocenters. The number of carbonyl (C=O) groups is 3. The number of carboxylic acid groups (broad SMARTS) is 1. The first-order valence-electron chi connectivity index (χ1n) is 9.70. The number of hydrogen-bond donors (Lipinski definition) is 3. The molecule has 0 heterocycles. The second-order valence-electron chi connectivity index (χ2n) is 6.88. The number of ketones is 1. The number of anilines is 1. The van der Waals surface area contributed by atoms with E-state index in [4.69, 9.17) is 14.6 Å². The van der Waals surface area contributed by atoms with Crippen molar-refractivity contribution in [2.75, 3.05) is 12.4 Å². The van der Waals surface area contributed by atoms with E-state index in [0.717, 1.165) is 9.65 Å². The molecule has 170 valence electrons. The summed E-state index contributed by atoms with van der Waals surface area (Å²) in [6.07, 6.45) is 0.847. The third-order valence-corrected chi connectivity index (χ3v) is 5.26. The van der Waals surface area contributed by atoms with Gasteiger partial charge >= 0.3 is 12.1 Å². The van der Waals surface area contributed by atoms with E-state index in [9.17, 15) is 19.5 Å². The number of halogens is 1. The smallest absolute Gasteiger partial charge is 0.412 e. The Kier molecular flexibility index (Phi) is 9.66. The molecule has 1 amide bonds. The van der Waals surface area contributed by atoms with Gasteiger partial charge in [0, 0.05) is 33.6 Å². The summed E-state index contributed by atoms with van der Waals surface area (Å²) in [5, 5.41) is 21.7. The van der Waals surface area contributed by atoms with Gasteiger partial charge in [-0.05, 0) is 84.8 Å². The van der Waals surface area contributed by atoms with Crippen molar-refractivity contribution in [1.82, 2.24) is 0 Å².